The first kappa shape index (κ1) is 17.3. The van der Waals surface area contributed by atoms with E-state index in [0.29, 0.717) is 12.6 Å². The van der Waals surface area contributed by atoms with Gasteiger partial charge in [0.15, 0.2) is 0 Å². The van der Waals surface area contributed by atoms with Gasteiger partial charge in [-0.2, -0.15) is 0 Å². The maximum absolute atomic E-state index is 5.96. The number of nitrogens with one attached hydrogen (secondary N) is 1. The Morgan fingerprint density at radius 1 is 1.20 bits per heavy atom. The van der Waals surface area contributed by atoms with Crippen molar-refractivity contribution in [1.82, 2.24) is 5.32 Å². The quantitative estimate of drug-likeness (QED) is 0.504. The van der Waals surface area contributed by atoms with Gasteiger partial charge in [0.05, 0.1) is 0 Å². The summed E-state index contributed by atoms with van der Waals surface area (Å²) >= 11 is 0. The Morgan fingerprint density at radius 2 is 1.85 bits per heavy atom. The number of rotatable bonds is 10. The molecule has 0 spiro atoms. The second-order valence-electron chi connectivity index (χ2n) is 4.54. The Morgan fingerprint density at radius 3 is 2.40 bits per heavy atom. The summed E-state index contributed by atoms with van der Waals surface area (Å²) in [6, 6.07) is 10.9. The van der Waals surface area contributed by atoms with Crippen molar-refractivity contribution in [3.05, 3.63) is 35.9 Å². The highest BCUT2D eigenvalue weighted by molar-refractivity contribution is 6.60. The first-order valence-corrected chi connectivity index (χ1v) is 8.87. The predicted molar refractivity (Wildman–Crippen MR) is 82.3 cm³/mol. The molecule has 20 heavy (non-hydrogen) atoms. The van der Waals surface area contributed by atoms with Crippen molar-refractivity contribution in [2.24, 2.45) is 5.73 Å². The normalized spacial score (nSPS) is 13.4. The van der Waals surface area contributed by atoms with Crippen LogP contribution in [0.1, 0.15) is 12.5 Å². The largest absolute Gasteiger partial charge is 0.501 e. The Balaban J connectivity index is 2.56. The highest BCUT2D eigenvalue weighted by atomic mass is 28.4. The van der Waals surface area contributed by atoms with Crippen LogP contribution in [0.5, 0.6) is 0 Å². The van der Waals surface area contributed by atoms with Gasteiger partial charge in [-0.05, 0) is 18.5 Å². The fourth-order valence-electron chi connectivity index (χ4n) is 1.94. The van der Waals surface area contributed by atoms with Crippen LogP contribution in [0.2, 0.25) is 6.04 Å². The molecule has 0 saturated heterocycles. The first-order valence-electron chi connectivity index (χ1n) is 6.94. The molecule has 0 aliphatic rings. The van der Waals surface area contributed by atoms with E-state index in [1.165, 1.54) is 5.56 Å². The van der Waals surface area contributed by atoms with Crippen LogP contribution in [0.25, 0.3) is 0 Å². The number of hydrogen-bond donors (Lipinski definition) is 2. The maximum atomic E-state index is 5.96. The summed E-state index contributed by atoms with van der Waals surface area (Å²) in [5, 5.41) is 3.15. The van der Waals surface area contributed by atoms with Gasteiger partial charge in [0.1, 0.15) is 6.23 Å². The molecule has 6 heteroatoms. The zero-order valence-electron chi connectivity index (χ0n) is 12.6. The Bertz CT molecular complexity index is 361. The number of benzene rings is 1. The Kier molecular flexibility index (Phi) is 7.97. The molecule has 0 aliphatic heterocycles. The van der Waals surface area contributed by atoms with Gasteiger partial charge >= 0.3 is 8.80 Å². The summed E-state index contributed by atoms with van der Waals surface area (Å²) in [4.78, 5) is 0. The van der Waals surface area contributed by atoms with Gasteiger partial charge in [0.2, 0.25) is 0 Å². The second-order valence-corrected chi connectivity index (χ2v) is 7.46. The van der Waals surface area contributed by atoms with Crippen LogP contribution in [0, 0.1) is 0 Å². The Labute approximate surface area is 122 Å². The van der Waals surface area contributed by atoms with E-state index in [2.05, 4.69) is 17.4 Å². The predicted octanol–water partition coefficient (Wildman–Crippen LogP) is 1.37. The van der Waals surface area contributed by atoms with Crippen molar-refractivity contribution >= 4 is 8.80 Å². The Hall–Kier alpha value is -0.763. The molecule has 1 aromatic carbocycles. The lowest BCUT2D eigenvalue weighted by molar-refractivity contribution is 0.0578. The van der Waals surface area contributed by atoms with Gasteiger partial charge < -0.3 is 24.3 Å². The van der Waals surface area contributed by atoms with Crippen LogP contribution in [0.3, 0.4) is 0 Å². The van der Waals surface area contributed by atoms with Crippen LogP contribution in [0.4, 0.5) is 0 Å². The summed E-state index contributed by atoms with van der Waals surface area (Å²) in [6.07, 6.45) is 0.431. The summed E-state index contributed by atoms with van der Waals surface area (Å²) < 4.78 is 17.0. The average molecular weight is 298 g/mol. The molecule has 0 saturated carbocycles. The minimum Gasteiger partial charge on any atom is -0.377 e. The van der Waals surface area contributed by atoms with Gasteiger partial charge in [-0.1, -0.05) is 37.3 Å². The molecular formula is C14H26N2O3Si. The van der Waals surface area contributed by atoms with E-state index in [1.807, 2.05) is 25.1 Å². The lowest BCUT2D eigenvalue weighted by Crippen LogP contribution is -2.51. The smallest absolute Gasteiger partial charge is 0.377 e. The molecule has 0 fully saturated rings. The van der Waals surface area contributed by atoms with Crippen molar-refractivity contribution in [2.75, 3.05) is 27.3 Å². The van der Waals surface area contributed by atoms with Crippen molar-refractivity contribution in [1.29, 1.82) is 0 Å². The lowest BCUT2D eigenvalue weighted by Gasteiger charge is -2.29. The molecule has 0 bridgehead atoms. The standard InChI is InChI=1S/C14H26N2O3Si/c1-4-16-12-14(15)19-20(17-2,18-3)11-10-13-8-6-5-7-9-13/h5-9,14,16H,4,10-12,15H2,1-3H3. The topological polar surface area (TPSA) is 65.7 Å². The van der Waals surface area contributed by atoms with Crippen LogP contribution in [-0.2, 0) is 19.7 Å². The molecule has 3 N–H and O–H groups in total. The number of nitrogens with two attached hydrogens (primary N) is 1. The fraction of sp³-hybridized carbons (Fsp3) is 0.571. The number of hydrogen-bond acceptors (Lipinski definition) is 5. The third kappa shape index (κ3) is 5.70. The summed E-state index contributed by atoms with van der Waals surface area (Å²) in [6.45, 7) is 3.47. The minimum atomic E-state index is -2.70. The van der Waals surface area contributed by atoms with Crippen molar-refractivity contribution in [3.63, 3.8) is 0 Å². The molecule has 1 unspecified atom stereocenters. The molecule has 0 amide bonds. The highest BCUT2D eigenvalue weighted by Crippen LogP contribution is 2.18. The summed E-state index contributed by atoms with van der Waals surface area (Å²) in [5.41, 5.74) is 7.19. The number of aryl methyl sites for hydroxylation is 1. The average Bonchev–Trinajstić information content (AvgIpc) is 2.50. The molecule has 0 heterocycles. The fourth-order valence-corrected chi connectivity index (χ4v) is 3.97. The molecular weight excluding hydrogens is 272 g/mol. The summed E-state index contributed by atoms with van der Waals surface area (Å²) in [5.74, 6) is 0. The van der Waals surface area contributed by atoms with Crippen molar-refractivity contribution in [2.45, 2.75) is 25.6 Å². The van der Waals surface area contributed by atoms with E-state index in [0.717, 1.165) is 13.0 Å². The minimum absolute atomic E-state index is 0.419. The van der Waals surface area contributed by atoms with E-state index in [9.17, 15) is 0 Å². The first-order chi connectivity index (χ1) is 9.65. The van der Waals surface area contributed by atoms with Crippen LogP contribution >= 0.6 is 0 Å². The van der Waals surface area contributed by atoms with E-state index >= 15 is 0 Å². The van der Waals surface area contributed by atoms with Crippen molar-refractivity contribution < 1.29 is 13.3 Å². The third-order valence-corrected chi connectivity index (χ3v) is 5.88. The van der Waals surface area contributed by atoms with Gasteiger partial charge in [0, 0.05) is 26.8 Å². The molecule has 0 aromatic heterocycles. The van der Waals surface area contributed by atoms with Gasteiger partial charge in [-0.3, -0.25) is 0 Å². The molecule has 1 rings (SSSR count). The SMILES string of the molecule is CCNCC(N)O[Si](CCc1ccccc1)(OC)OC. The van der Waals surface area contributed by atoms with Crippen LogP contribution < -0.4 is 11.1 Å². The zero-order chi connectivity index (χ0) is 14.8. The monoisotopic (exact) mass is 298 g/mol. The molecule has 114 valence electrons. The van der Waals surface area contributed by atoms with Crippen molar-refractivity contribution in [3.8, 4) is 0 Å². The lowest BCUT2D eigenvalue weighted by atomic mass is 10.2. The summed E-state index contributed by atoms with van der Waals surface area (Å²) in [7, 11) is 0.547. The third-order valence-electron chi connectivity index (χ3n) is 3.11. The molecule has 1 atom stereocenters. The number of likely N-dealkylation sites (N-methyl/N-ethyl adjacent to an activating group) is 1. The van der Waals surface area contributed by atoms with Crippen LogP contribution in [0.15, 0.2) is 30.3 Å². The van der Waals surface area contributed by atoms with E-state index in [4.69, 9.17) is 19.0 Å². The van der Waals surface area contributed by atoms with E-state index in [-0.39, 0.29) is 0 Å². The molecule has 1 aromatic rings. The van der Waals surface area contributed by atoms with E-state index < -0.39 is 15.0 Å². The highest BCUT2D eigenvalue weighted by Gasteiger charge is 2.40. The van der Waals surface area contributed by atoms with Gasteiger partial charge in [-0.15, -0.1) is 0 Å². The zero-order valence-corrected chi connectivity index (χ0v) is 13.6. The van der Waals surface area contributed by atoms with Gasteiger partial charge in [0.25, 0.3) is 0 Å². The van der Waals surface area contributed by atoms with Crippen LogP contribution in [-0.4, -0.2) is 42.3 Å². The maximum Gasteiger partial charge on any atom is 0.501 e. The van der Waals surface area contributed by atoms with Gasteiger partial charge in [-0.25, -0.2) is 0 Å². The molecule has 0 aliphatic carbocycles. The van der Waals surface area contributed by atoms with E-state index in [1.54, 1.807) is 14.2 Å². The molecule has 5 nitrogen and oxygen atoms in total. The molecule has 0 radical (unpaired) electrons. The second kappa shape index (κ2) is 9.22.